The zero-order chi connectivity index (χ0) is 17.7. The zero-order valence-corrected chi connectivity index (χ0v) is 14.1. The van der Waals surface area contributed by atoms with Gasteiger partial charge in [-0.1, -0.05) is 18.2 Å². The average molecular weight is 354 g/mol. The van der Waals surface area contributed by atoms with Crippen molar-refractivity contribution in [2.75, 3.05) is 25.1 Å². The van der Waals surface area contributed by atoms with Crippen molar-refractivity contribution in [2.24, 2.45) is 0 Å². The molecule has 0 aliphatic carbocycles. The van der Waals surface area contributed by atoms with E-state index in [-0.39, 0.29) is 35.6 Å². The highest BCUT2D eigenvalue weighted by Crippen LogP contribution is 2.16. The molecule has 6 nitrogen and oxygen atoms in total. The fraction of sp³-hybridized carbons (Fsp3) is 0.375. The lowest BCUT2D eigenvalue weighted by Gasteiger charge is -2.23. The molecule has 0 radical (unpaired) electrons. The van der Waals surface area contributed by atoms with Crippen LogP contribution < -0.4 is 5.32 Å². The van der Waals surface area contributed by atoms with E-state index in [1.807, 2.05) is 0 Å². The Kier molecular flexibility index (Phi) is 5.71. The van der Waals surface area contributed by atoms with Crippen molar-refractivity contribution < 1.29 is 22.4 Å². The van der Waals surface area contributed by atoms with E-state index in [4.69, 9.17) is 0 Å². The van der Waals surface area contributed by atoms with Gasteiger partial charge in [0.15, 0.2) is 9.84 Å². The maximum atomic E-state index is 13.4. The second-order valence-corrected chi connectivity index (χ2v) is 7.86. The van der Waals surface area contributed by atoms with Gasteiger partial charge in [-0.25, -0.2) is 12.8 Å². The minimum Gasteiger partial charge on any atom is -0.343 e. The minimum absolute atomic E-state index is 0.0453. The van der Waals surface area contributed by atoms with Crippen LogP contribution in [0.1, 0.15) is 12.0 Å². The number of likely N-dealkylation sites (N-methyl/N-ethyl adjacent to an activating group) is 1. The van der Waals surface area contributed by atoms with Crippen molar-refractivity contribution in [3.05, 3.63) is 41.7 Å². The number of sulfone groups is 1. The van der Waals surface area contributed by atoms with Crippen LogP contribution in [0.15, 0.2) is 30.3 Å². The van der Waals surface area contributed by atoms with E-state index in [2.05, 4.69) is 5.32 Å². The van der Waals surface area contributed by atoms with Crippen LogP contribution in [-0.4, -0.2) is 56.3 Å². The summed E-state index contributed by atoms with van der Waals surface area (Å²) in [6.45, 7) is -0.243. The molecule has 1 aliphatic rings. The van der Waals surface area contributed by atoms with Gasteiger partial charge in [0.2, 0.25) is 11.8 Å². The van der Waals surface area contributed by atoms with Crippen LogP contribution in [0.2, 0.25) is 0 Å². The summed E-state index contributed by atoms with van der Waals surface area (Å²) in [7, 11) is -1.55. The van der Waals surface area contributed by atoms with Crippen molar-refractivity contribution in [3.63, 3.8) is 0 Å². The summed E-state index contributed by atoms with van der Waals surface area (Å²) in [6.07, 6.45) is 2.87. The minimum atomic E-state index is -3.08. The Labute approximate surface area is 140 Å². The molecular weight excluding hydrogens is 335 g/mol. The molecule has 8 heteroatoms. The number of carbonyl (C=O) groups is 2. The lowest BCUT2D eigenvalue weighted by molar-refractivity contribution is -0.132. The molecule has 24 heavy (non-hydrogen) atoms. The summed E-state index contributed by atoms with van der Waals surface area (Å²) >= 11 is 0. The molecule has 1 unspecified atom stereocenters. The van der Waals surface area contributed by atoms with Crippen molar-refractivity contribution in [2.45, 2.75) is 12.5 Å². The maximum Gasteiger partial charge on any atom is 0.244 e. The zero-order valence-electron chi connectivity index (χ0n) is 13.2. The Hall–Kier alpha value is -2.22. The summed E-state index contributed by atoms with van der Waals surface area (Å²) in [6, 6.07) is 5.65. The van der Waals surface area contributed by atoms with Crippen molar-refractivity contribution in [3.8, 4) is 0 Å². The average Bonchev–Trinajstić information content (AvgIpc) is 2.91. The Morgan fingerprint density at radius 3 is 2.71 bits per heavy atom. The molecule has 1 aromatic carbocycles. The molecule has 1 heterocycles. The number of amides is 2. The topological polar surface area (TPSA) is 83.6 Å². The van der Waals surface area contributed by atoms with E-state index < -0.39 is 21.6 Å². The van der Waals surface area contributed by atoms with Gasteiger partial charge in [-0.3, -0.25) is 9.59 Å². The van der Waals surface area contributed by atoms with Crippen molar-refractivity contribution in [1.82, 2.24) is 10.2 Å². The number of rotatable bonds is 5. The van der Waals surface area contributed by atoms with E-state index in [0.717, 1.165) is 6.08 Å². The first kappa shape index (κ1) is 18.1. The first-order chi connectivity index (χ1) is 11.3. The van der Waals surface area contributed by atoms with Crippen LogP contribution in [0.25, 0.3) is 6.08 Å². The third-order valence-corrected chi connectivity index (χ3v) is 5.63. The number of nitrogens with one attached hydrogen (secondary N) is 1. The highest BCUT2D eigenvalue weighted by atomic mass is 32.2. The molecule has 1 aromatic rings. The lowest BCUT2D eigenvalue weighted by atomic mass is 10.2. The van der Waals surface area contributed by atoms with Gasteiger partial charge in [-0.05, 0) is 18.6 Å². The quantitative estimate of drug-likeness (QED) is 0.785. The molecule has 1 fully saturated rings. The SMILES string of the molecule is CN(C(=O)CNC(=O)C=Cc1ccccc1F)C1CCS(=O)(=O)C1. The van der Waals surface area contributed by atoms with Gasteiger partial charge in [0, 0.05) is 24.7 Å². The molecule has 1 atom stereocenters. The van der Waals surface area contributed by atoms with Crippen LogP contribution >= 0.6 is 0 Å². The van der Waals surface area contributed by atoms with Gasteiger partial charge < -0.3 is 10.2 Å². The fourth-order valence-electron chi connectivity index (χ4n) is 2.41. The maximum absolute atomic E-state index is 13.4. The van der Waals surface area contributed by atoms with Gasteiger partial charge in [0.1, 0.15) is 5.82 Å². The van der Waals surface area contributed by atoms with E-state index in [0.29, 0.717) is 6.42 Å². The Bertz CT molecular complexity index is 761. The lowest BCUT2D eigenvalue weighted by Crippen LogP contribution is -2.43. The molecular formula is C16H19FN2O4S. The highest BCUT2D eigenvalue weighted by molar-refractivity contribution is 7.91. The van der Waals surface area contributed by atoms with Crippen molar-refractivity contribution in [1.29, 1.82) is 0 Å². The smallest absolute Gasteiger partial charge is 0.244 e. The fourth-order valence-corrected chi connectivity index (χ4v) is 4.18. The van der Waals surface area contributed by atoms with E-state index in [9.17, 15) is 22.4 Å². The van der Waals surface area contributed by atoms with Crippen LogP contribution in [-0.2, 0) is 19.4 Å². The van der Waals surface area contributed by atoms with Gasteiger partial charge in [0.05, 0.1) is 18.1 Å². The standard InChI is InChI=1S/C16H19FN2O4S/c1-19(13-8-9-24(22,23)11-13)16(21)10-18-15(20)7-6-12-4-2-3-5-14(12)17/h2-7,13H,8-11H2,1H3,(H,18,20). The summed E-state index contributed by atoms with van der Waals surface area (Å²) in [5, 5.41) is 2.41. The van der Waals surface area contributed by atoms with Crippen LogP contribution in [0.4, 0.5) is 4.39 Å². The van der Waals surface area contributed by atoms with Crippen LogP contribution in [0.5, 0.6) is 0 Å². The summed E-state index contributed by atoms with van der Waals surface area (Å²) in [5.74, 6) is -1.31. The molecule has 0 aromatic heterocycles. The van der Waals surface area contributed by atoms with Crippen LogP contribution in [0.3, 0.4) is 0 Å². The predicted octanol–water partition coefficient (Wildman–Crippen LogP) is 0.601. The summed E-state index contributed by atoms with van der Waals surface area (Å²) in [5.41, 5.74) is 0.271. The second kappa shape index (κ2) is 7.57. The van der Waals surface area contributed by atoms with E-state index in [1.165, 1.54) is 30.2 Å². The van der Waals surface area contributed by atoms with Crippen molar-refractivity contribution >= 4 is 27.7 Å². The number of nitrogens with zero attached hydrogens (tertiary/aromatic N) is 1. The molecule has 1 saturated heterocycles. The highest BCUT2D eigenvalue weighted by Gasteiger charge is 2.32. The Balaban J connectivity index is 1.83. The number of benzene rings is 1. The summed E-state index contributed by atoms with van der Waals surface area (Å²) in [4.78, 5) is 25.1. The number of hydrogen-bond donors (Lipinski definition) is 1. The third-order valence-electron chi connectivity index (χ3n) is 3.88. The van der Waals surface area contributed by atoms with E-state index in [1.54, 1.807) is 12.1 Å². The number of halogens is 1. The Morgan fingerprint density at radius 1 is 1.38 bits per heavy atom. The van der Waals surface area contributed by atoms with Gasteiger partial charge >= 0.3 is 0 Å². The molecule has 0 bridgehead atoms. The van der Waals surface area contributed by atoms with E-state index >= 15 is 0 Å². The first-order valence-corrected chi connectivity index (χ1v) is 9.27. The van der Waals surface area contributed by atoms with Gasteiger partial charge in [-0.15, -0.1) is 0 Å². The molecule has 0 spiro atoms. The molecule has 2 amide bonds. The summed E-state index contributed by atoms with van der Waals surface area (Å²) < 4.78 is 36.3. The third kappa shape index (κ3) is 4.89. The largest absolute Gasteiger partial charge is 0.343 e. The van der Waals surface area contributed by atoms with Gasteiger partial charge in [-0.2, -0.15) is 0 Å². The monoisotopic (exact) mass is 354 g/mol. The number of hydrogen-bond acceptors (Lipinski definition) is 4. The predicted molar refractivity (Wildman–Crippen MR) is 88.3 cm³/mol. The molecule has 1 aliphatic heterocycles. The van der Waals surface area contributed by atoms with Crippen LogP contribution in [0, 0.1) is 5.82 Å². The second-order valence-electron chi connectivity index (χ2n) is 5.63. The molecule has 0 saturated carbocycles. The molecule has 1 N–H and O–H groups in total. The first-order valence-electron chi connectivity index (χ1n) is 7.45. The molecule has 2 rings (SSSR count). The Morgan fingerprint density at radius 2 is 2.08 bits per heavy atom. The normalized spacial score (nSPS) is 19.3. The number of carbonyl (C=O) groups excluding carboxylic acids is 2. The molecule has 130 valence electrons. The van der Waals surface area contributed by atoms with Gasteiger partial charge in [0.25, 0.3) is 0 Å².